The van der Waals surface area contributed by atoms with Gasteiger partial charge in [-0.3, -0.25) is 4.79 Å². The van der Waals surface area contributed by atoms with Crippen LogP contribution in [0.5, 0.6) is 0 Å². The number of rotatable bonds is 1. The molecule has 1 spiro atoms. The lowest BCUT2D eigenvalue weighted by Crippen LogP contribution is -2.29. The average molecular weight is 230 g/mol. The van der Waals surface area contributed by atoms with Gasteiger partial charge in [-0.1, -0.05) is 12.1 Å². The summed E-state index contributed by atoms with van der Waals surface area (Å²) in [6.45, 7) is 4.98. The molecular weight excluding hydrogens is 212 g/mol. The predicted octanol–water partition coefficient (Wildman–Crippen LogP) is 1.71. The molecule has 0 radical (unpaired) electrons. The van der Waals surface area contributed by atoms with Crippen molar-refractivity contribution in [1.82, 2.24) is 5.32 Å². The van der Waals surface area contributed by atoms with Gasteiger partial charge in [-0.15, -0.1) is 0 Å². The number of carbonyl (C=O) groups is 1. The van der Waals surface area contributed by atoms with Gasteiger partial charge in [0.1, 0.15) is 0 Å². The molecule has 1 aromatic rings. The second-order valence-corrected chi connectivity index (χ2v) is 5.42. The monoisotopic (exact) mass is 230 g/mol. The van der Waals surface area contributed by atoms with Crippen LogP contribution in [0.25, 0.3) is 0 Å². The van der Waals surface area contributed by atoms with Crippen LogP contribution in [0.15, 0.2) is 24.3 Å². The third kappa shape index (κ3) is 1.84. The summed E-state index contributed by atoms with van der Waals surface area (Å²) in [6, 6.07) is 8.22. The van der Waals surface area contributed by atoms with E-state index in [9.17, 15) is 4.79 Å². The SMILES string of the molecule is Cc1cccc(N2C[C@]3(CCNC3)CC2=O)c1. The maximum absolute atomic E-state index is 12.1. The second kappa shape index (κ2) is 3.84. The van der Waals surface area contributed by atoms with E-state index in [1.807, 2.05) is 17.0 Å². The van der Waals surface area contributed by atoms with Crippen LogP contribution in [0.2, 0.25) is 0 Å². The standard InChI is InChI=1S/C14H18N2O/c1-11-3-2-4-12(7-11)16-10-14(8-13(16)17)5-6-15-9-14/h2-4,7,15H,5-6,8-10H2,1H3/t14-/m1/s1. The largest absolute Gasteiger partial charge is 0.316 e. The van der Waals surface area contributed by atoms with Crippen LogP contribution in [0.4, 0.5) is 5.69 Å². The summed E-state index contributed by atoms with van der Waals surface area (Å²) in [6.07, 6.45) is 1.83. The zero-order valence-electron chi connectivity index (χ0n) is 10.2. The minimum Gasteiger partial charge on any atom is -0.316 e. The Morgan fingerprint density at radius 1 is 1.41 bits per heavy atom. The van der Waals surface area contributed by atoms with E-state index in [-0.39, 0.29) is 11.3 Å². The number of hydrogen-bond acceptors (Lipinski definition) is 2. The van der Waals surface area contributed by atoms with Gasteiger partial charge in [-0.05, 0) is 37.6 Å². The van der Waals surface area contributed by atoms with E-state index < -0.39 is 0 Å². The van der Waals surface area contributed by atoms with E-state index in [4.69, 9.17) is 0 Å². The van der Waals surface area contributed by atoms with Crippen LogP contribution in [0.3, 0.4) is 0 Å². The van der Waals surface area contributed by atoms with Gasteiger partial charge in [0.05, 0.1) is 0 Å². The molecule has 1 amide bonds. The molecule has 1 N–H and O–H groups in total. The summed E-state index contributed by atoms with van der Waals surface area (Å²) < 4.78 is 0. The van der Waals surface area contributed by atoms with E-state index in [1.165, 1.54) is 5.56 Å². The quantitative estimate of drug-likeness (QED) is 0.796. The van der Waals surface area contributed by atoms with Gasteiger partial charge in [0, 0.05) is 30.6 Å². The maximum Gasteiger partial charge on any atom is 0.227 e. The van der Waals surface area contributed by atoms with E-state index >= 15 is 0 Å². The highest BCUT2D eigenvalue weighted by Crippen LogP contribution is 2.38. The second-order valence-electron chi connectivity index (χ2n) is 5.42. The van der Waals surface area contributed by atoms with E-state index in [0.717, 1.165) is 31.7 Å². The highest BCUT2D eigenvalue weighted by atomic mass is 16.2. The smallest absolute Gasteiger partial charge is 0.227 e. The fourth-order valence-electron chi connectivity index (χ4n) is 3.01. The topological polar surface area (TPSA) is 32.3 Å². The Labute approximate surface area is 102 Å². The van der Waals surface area contributed by atoms with Crippen molar-refractivity contribution in [2.45, 2.75) is 19.8 Å². The number of carbonyl (C=O) groups excluding carboxylic acids is 1. The van der Waals surface area contributed by atoms with Crippen molar-refractivity contribution >= 4 is 11.6 Å². The molecule has 3 nitrogen and oxygen atoms in total. The van der Waals surface area contributed by atoms with Crippen LogP contribution in [-0.4, -0.2) is 25.5 Å². The molecule has 0 bridgehead atoms. The zero-order chi connectivity index (χ0) is 11.9. The van der Waals surface area contributed by atoms with Gasteiger partial charge < -0.3 is 10.2 Å². The Morgan fingerprint density at radius 2 is 2.29 bits per heavy atom. The van der Waals surface area contributed by atoms with E-state index in [1.54, 1.807) is 0 Å². The molecule has 1 atom stereocenters. The van der Waals surface area contributed by atoms with Crippen molar-refractivity contribution in [3.63, 3.8) is 0 Å². The third-order valence-electron chi connectivity index (χ3n) is 3.97. The summed E-state index contributed by atoms with van der Waals surface area (Å²) >= 11 is 0. The van der Waals surface area contributed by atoms with Gasteiger partial charge in [-0.25, -0.2) is 0 Å². The van der Waals surface area contributed by atoms with Gasteiger partial charge in [0.25, 0.3) is 0 Å². The molecule has 1 aromatic carbocycles. The molecule has 2 aliphatic heterocycles. The van der Waals surface area contributed by atoms with Crippen molar-refractivity contribution in [3.05, 3.63) is 29.8 Å². The number of anilines is 1. The van der Waals surface area contributed by atoms with Crippen LogP contribution < -0.4 is 10.2 Å². The molecule has 2 heterocycles. The molecule has 0 saturated carbocycles. The Kier molecular flexibility index (Phi) is 2.44. The molecule has 3 rings (SSSR count). The minimum absolute atomic E-state index is 0.195. The Hall–Kier alpha value is -1.35. The van der Waals surface area contributed by atoms with Crippen LogP contribution in [0, 0.1) is 12.3 Å². The number of amides is 1. The molecule has 0 aromatic heterocycles. The van der Waals surface area contributed by atoms with Gasteiger partial charge in [0.2, 0.25) is 5.91 Å². The summed E-state index contributed by atoms with van der Waals surface area (Å²) in [5.41, 5.74) is 2.46. The summed E-state index contributed by atoms with van der Waals surface area (Å²) in [5.74, 6) is 0.277. The highest BCUT2D eigenvalue weighted by Gasteiger charge is 2.45. The average Bonchev–Trinajstić information content (AvgIpc) is 2.87. The predicted molar refractivity (Wildman–Crippen MR) is 68.1 cm³/mol. The van der Waals surface area contributed by atoms with Gasteiger partial charge >= 0.3 is 0 Å². The van der Waals surface area contributed by atoms with Crippen molar-refractivity contribution < 1.29 is 4.79 Å². The van der Waals surface area contributed by atoms with Crippen LogP contribution >= 0.6 is 0 Å². The summed E-state index contributed by atoms with van der Waals surface area (Å²) in [5, 5.41) is 3.38. The van der Waals surface area contributed by atoms with Crippen molar-refractivity contribution in [1.29, 1.82) is 0 Å². The van der Waals surface area contributed by atoms with Crippen LogP contribution in [0.1, 0.15) is 18.4 Å². The fraction of sp³-hybridized carbons (Fsp3) is 0.500. The van der Waals surface area contributed by atoms with Crippen molar-refractivity contribution in [2.75, 3.05) is 24.5 Å². The third-order valence-corrected chi connectivity index (χ3v) is 3.97. The van der Waals surface area contributed by atoms with Gasteiger partial charge in [-0.2, -0.15) is 0 Å². The molecule has 0 unspecified atom stereocenters. The first kappa shape index (κ1) is 10.8. The molecule has 2 saturated heterocycles. The lowest BCUT2D eigenvalue weighted by atomic mass is 9.86. The fourth-order valence-corrected chi connectivity index (χ4v) is 3.01. The lowest BCUT2D eigenvalue weighted by molar-refractivity contribution is -0.117. The molecule has 2 aliphatic rings. The maximum atomic E-state index is 12.1. The number of benzene rings is 1. The first-order chi connectivity index (χ1) is 8.19. The Balaban J connectivity index is 1.87. The summed E-state index contributed by atoms with van der Waals surface area (Å²) in [4.78, 5) is 14.1. The zero-order valence-corrected chi connectivity index (χ0v) is 10.2. The summed E-state index contributed by atoms with van der Waals surface area (Å²) in [7, 11) is 0. The van der Waals surface area contributed by atoms with Crippen molar-refractivity contribution in [3.8, 4) is 0 Å². The normalized spacial score (nSPS) is 28.3. The first-order valence-corrected chi connectivity index (χ1v) is 6.26. The molecular formula is C14H18N2O. The number of aryl methyl sites for hydroxylation is 1. The molecule has 3 heteroatoms. The van der Waals surface area contributed by atoms with Crippen LogP contribution in [-0.2, 0) is 4.79 Å². The minimum atomic E-state index is 0.195. The number of nitrogens with one attached hydrogen (secondary N) is 1. The molecule has 2 fully saturated rings. The first-order valence-electron chi connectivity index (χ1n) is 6.26. The van der Waals surface area contributed by atoms with Gasteiger partial charge in [0.15, 0.2) is 0 Å². The molecule has 17 heavy (non-hydrogen) atoms. The van der Waals surface area contributed by atoms with E-state index in [2.05, 4.69) is 24.4 Å². The molecule has 0 aliphatic carbocycles. The van der Waals surface area contributed by atoms with Crippen molar-refractivity contribution in [2.24, 2.45) is 5.41 Å². The molecule has 90 valence electrons. The van der Waals surface area contributed by atoms with E-state index in [0.29, 0.717) is 6.42 Å². The Bertz CT molecular complexity index is 449. The lowest BCUT2D eigenvalue weighted by Gasteiger charge is -2.22. The number of nitrogens with zero attached hydrogens (tertiary/aromatic N) is 1. The number of hydrogen-bond donors (Lipinski definition) is 1. The Morgan fingerprint density at radius 3 is 3.00 bits per heavy atom. The highest BCUT2D eigenvalue weighted by molar-refractivity contribution is 5.96.